The van der Waals surface area contributed by atoms with Crippen LogP contribution in [0, 0.1) is 50.7 Å². The minimum absolute atomic E-state index is 0.0157. The van der Waals surface area contributed by atoms with Gasteiger partial charge in [0.2, 0.25) is 0 Å². The molecule has 0 aromatic heterocycles. The van der Waals surface area contributed by atoms with E-state index in [0.29, 0.717) is 29.2 Å². The lowest BCUT2D eigenvalue weighted by Gasteiger charge is -2.64. The minimum Gasteiger partial charge on any atom is -0.390 e. The fraction of sp³-hybridized carbons (Fsp3) is 1.00. The van der Waals surface area contributed by atoms with E-state index in [1.165, 1.54) is 25.7 Å². The summed E-state index contributed by atoms with van der Waals surface area (Å²) in [6, 6.07) is 0.585. The van der Waals surface area contributed by atoms with Gasteiger partial charge in [-0.25, -0.2) is 0 Å². The molecule has 8 heteroatoms. The number of hydrogen-bond donors (Lipinski definition) is 3. The zero-order valence-corrected chi connectivity index (χ0v) is 30.4. The summed E-state index contributed by atoms with van der Waals surface area (Å²) in [5.74, 6) is 1.67. The van der Waals surface area contributed by atoms with Gasteiger partial charge in [-0.3, -0.25) is 4.90 Å². The highest BCUT2D eigenvalue weighted by molar-refractivity contribution is 5.33. The van der Waals surface area contributed by atoms with E-state index in [-0.39, 0.29) is 46.1 Å². The molecule has 268 valence electrons. The van der Waals surface area contributed by atoms with Gasteiger partial charge in [0.15, 0.2) is 6.29 Å². The number of nitrogens with zero attached hydrogens (tertiary/aromatic N) is 1. The third-order valence-corrected chi connectivity index (χ3v) is 16.9. The summed E-state index contributed by atoms with van der Waals surface area (Å²) in [5, 5.41) is 34.2. The molecule has 8 fully saturated rings. The van der Waals surface area contributed by atoms with Crippen molar-refractivity contribution in [1.82, 2.24) is 4.90 Å². The summed E-state index contributed by atoms with van der Waals surface area (Å²) >= 11 is 0. The summed E-state index contributed by atoms with van der Waals surface area (Å²) in [6.07, 6.45) is 9.05. The first-order valence-electron chi connectivity index (χ1n) is 19.4. The molecule has 8 rings (SSSR count). The summed E-state index contributed by atoms with van der Waals surface area (Å²) < 4.78 is 25.6. The van der Waals surface area contributed by atoms with Gasteiger partial charge in [-0.2, -0.15) is 0 Å². The van der Waals surface area contributed by atoms with E-state index in [0.717, 1.165) is 71.4 Å². The Hall–Kier alpha value is -0.320. The van der Waals surface area contributed by atoms with Crippen LogP contribution in [0.2, 0.25) is 0 Å². The van der Waals surface area contributed by atoms with Gasteiger partial charge >= 0.3 is 0 Å². The molecule has 3 heterocycles. The maximum absolute atomic E-state index is 12.5. The number of hydrogen-bond acceptors (Lipinski definition) is 8. The van der Waals surface area contributed by atoms with E-state index in [1.54, 1.807) is 13.8 Å². The Morgan fingerprint density at radius 3 is 2.34 bits per heavy atom. The molecule has 5 saturated carbocycles. The average Bonchev–Trinajstić information content (AvgIpc) is 3.67. The molecule has 3 N–H and O–H groups in total. The summed E-state index contributed by atoms with van der Waals surface area (Å²) in [4.78, 5) is 2.59. The molecule has 0 bridgehead atoms. The predicted molar refractivity (Wildman–Crippen MR) is 178 cm³/mol. The summed E-state index contributed by atoms with van der Waals surface area (Å²) in [5.41, 5.74) is -0.800. The van der Waals surface area contributed by atoms with Crippen LogP contribution in [0.15, 0.2) is 0 Å². The van der Waals surface area contributed by atoms with Crippen LogP contribution >= 0.6 is 0 Å². The van der Waals surface area contributed by atoms with E-state index in [9.17, 15) is 15.3 Å². The lowest BCUT2D eigenvalue weighted by Crippen LogP contribution is -2.60. The number of morpholine rings is 1. The van der Waals surface area contributed by atoms with Crippen LogP contribution in [0.3, 0.4) is 0 Å². The van der Waals surface area contributed by atoms with Crippen LogP contribution in [0.4, 0.5) is 0 Å². The van der Waals surface area contributed by atoms with Crippen LogP contribution < -0.4 is 0 Å². The summed E-state index contributed by atoms with van der Waals surface area (Å²) in [6.45, 7) is 19.8. The zero-order chi connectivity index (χ0) is 33.4. The normalized spacial score (nSPS) is 53.6. The number of aliphatic hydroxyl groups is 3. The molecular formula is C39H65NO7. The van der Waals surface area contributed by atoms with Gasteiger partial charge in [-0.1, -0.05) is 34.6 Å². The third-order valence-electron chi connectivity index (χ3n) is 16.9. The van der Waals surface area contributed by atoms with E-state index in [1.807, 2.05) is 0 Å². The second-order valence-electron chi connectivity index (χ2n) is 19.4. The molecule has 5 aliphatic carbocycles. The Labute approximate surface area is 283 Å². The monoisotopic (exact) mass is 659 g/mol. The number of aliphatic hydroxyl groups excluding tert-OH is 2. The molecule has 47 heavy (non-hydrogen) atoms. The Balaban J connectivity index is 1.01. The molecule has 3 aliphatic heterocycles. The highest BCUT2D eigenvalue weighted by atomic mass is 16.7. The van der Waals surface area contributed by atoms with E-state index in [2.05, 4.69) is 39.5 Å². The molecule has 0 aromatic carbocycles. The number of ether oxygens (including phenoxy) is 4. The number of fused-ring (bicyclic) bond motifs is 4. The molecular weight excluding hydrogens is 594 g/mol. The van der Waals surface area contributed by atoms with Gasteiger partial charge in [0.05, 0.1) is 36.6 Å². The third kappa shape index (κ3) is 4.60. The van der Waals surface area contributed by atoms with Crippen molar-refractivity contribution < 1.29 is 34.3 Å². The van der Waals surface area contributed by atoms with Crippen LogP contribution in [0.1, 0.15) is 113 Å². The standard InChI is InChI=1S/C39H65NO7/c1-23-20-25(32(41)35(4,5)43)46-31-30(23)36(6)14-15-39-22-38(39)13-10-28(34(2,3)26(38)8-9-27(39)37(36,7)33(31)42)47-29-21-40(16-19-45-29)24-11-17-44-18-12-24/h23-33,41-43H,8-22H2,1-7H3/t23-,25?,26+,27?,28?,29?,30?,31?,32?,33+,36?,37-,38?,39?/m1/s1. The van der Waals surface area contributed by atoms with Crippen molar-refractivity contribution in [3.63, 3.8) is 0 Å². The first-order chi connectivity index (χ1) is 22.1. The van der Waals surface area contributed by atoms with E-state index in [4.69, 9.17) is 18.9 Å². The summed E-state index contributed by atoms with van der Waals surface area (Å²) in [7, 11) is 0. The van der Waals surface area contributed by atoms with Crippen LogP contribution in [0.5, 0.6) is 0 Å². The highest BCUT2D eigenvalue weighted by Crippen LogP contribution is 2.89. The highest BCUT2D eigenvalue weighted by Gasteiger charge is 2.84. The van der Waals surface area contributed by atoms with Crippen molar-refractivity contribution in [3.05, 3.63) is 0 Å². The van der Waals surface area contributed by atoms with E-state index >= 15 is 0 Å². The van der Waals surface area contributed by atoms with Gasteiger partial charge < -0.3 is 34.3 Å². The lowest BCUT2D eigenvalue weighted by molar-refractivity contribution is -0.252. The van der Waals surface area contributed by atoms with Crippen molar-refractivity contribution in [2.24, 2.45) is 50.7 Å². The van der Waals surface area contributed by atoms with Gasteiger partial charge in [-0.05, 0) is 123 Å². The van der Waals surface area contributed by atoms with Gasteiger partial charge in [0, 0.05) is 37.8 Å². The van der Waals surface area contributed by atoms with Crippen molar-refractivity contribution >= 4 is 0 Å². The quantitative estimate of drug-likeness (QED) is 0.373. The van der Waals surface area contributed by atoms with Gasteiger partial charge in [-0.15, -0.1) is 0 Å². The second-order valence-corrected chi connectivity index (χ2v) is 19.4. The Morgan fingerprint density at radius 1 is 0.915 bits per heavy atom. The molecule has 14 atom stereocenters. The molecule has 3 saturated heterocycles. The van der Waals surface area contributed by atoms with Crippen LogP contribution in [-0.2, 0) is 18.9 Å². The van der Waals surface area contributed by atoms with Crippen LogP contribution in [-0.4, -0.2) is 102 Å². The molecule has 0 radical (unpaired) electrons. The van der Waals surface area contributed by atoms with Crippen molar-refractivity contribution in [2.45, 2.75) is 161 Å². The fourth-order valence-corrected chi connectivity index (χ4v) is 14.5. The second kappa shape index (κ2) is 11.1. The van der Waals surface area contributed by atoms with Crippen molar-refractivity contribution in [1.29, 1.82) is 0 Å². The van der Waals surface area contributed by atoms with E-state index < -0.39 is 23.9 Å². The SMILES string of the molecule is C[C@@H]1CC(C(O)C(C)(C)O)OC2C1C1(C)CCC34CC35CCC(OC3CN(C6CCOCC6)CCO3)C(C)(C)[C@@H]5CCC4[C@]1(C)[C@H]2O. The molecule has 0 amide bonds. The van der Waals surface area contributed by atoms with Crippen molar-refractivity contribution in [3.8, 4) is 0 Å². The smallest absolute Gasteiger partial charge is 0.170 e. The zero-order valence-electron chi connectivity index (χ0n) is 30.4. The maximum atomic E-state index is 12.5. The molecule has 2 spiro atoms. The Kier molecular flexibility index (Phi) is 7.98. The Morgan fingerprint density at radius 2 is 1.62 bits per heavy atom. The average molecular weight is 660 g/mol. The largest absolute Gasteiger partial charge is 0.390 e. The first kappa shape index (κ1) is 33.8. The maximum Gasteiger partial charge on any atom is 0.170 e. The Bertz CT molecular complexity index is 1200. The molecule has 0 aromatic rings. The fourth-order valence-electron chi connectivity index (χ4n) is 14.5. The lowest BCUT2D eigenvalue weighted by atomic mass is 9.41. The van der Waals surface area contributed by atoms with Gasteiger partial charge in [0.1, 0.15) is 6.10 Å². The van der Waals surface area contributed by atoms with Crippen molar-refractivity contribution in [2.75, 3.05) is 32.9 Å². The predicted octanol–water partition coefficient (Wildman–Crippen LogP) is 5.15. The van der Waals surface area contributed by atoms with Gasteiger partial charge in [0.25, 0.3) is 0 Å². The number of rotatable bonds is 5. The topological polar surface area (TPSA) is 101 Å². The minimum atomic E-state index is -1.24. The first-order valence-corrected chi connectivity index (χ1v) is 19.4. The molecule has 8 nitrogen and oxygen atoms in total. The molecule has 8 aliphatic rings. The van der Waals surface area contributed by atoms with Crippen LogP contribution in [0.25, 0.3) is 0 Å². The molecule has 10 unspecified atom stereocenters.